The molecule has 0 saturated heterocycles. The van der Waals surface area contributed by atoms with Crippen LogP contribution in [0.3, 0.4) is 0 Å². The van der Waals surface area contributed by atoms with E-state index in [0.29, 0.717) is 0 Å². The summed E-state index contributed by atoms with van der Waals surface area (Å²) in [6.45, 7) is 5.96. The van der Waals surface area contributed by atoms with Gasteiger partial charge in [-0.2, -0.15) is 0 Å². The van der Waals surface area contributed by atoms with Crippen LogP contribution in [0.2, 0.25) is 0 Å². The van der Waals surface area contributed by atoms with E-state index in [1.165, 1.54) is 22.2 Å². The maximum absolute atomic E-state index is 5.81. The highest BCUT2D eigenvalue weighted by atomic mass is 16.5. The lowest BCUT2D eigenvalue weighted by atomic mass is 9.99. The molecule has 2 aliphatic rings. The molecule has 1 N–H and O–H groups in total. The van der Waals surface area contributed by atoms with E-state index in [9.17, 15) is 0 Å². The van der Waals surface area contributed by atoms with E-state index in [0.717, 1.165) is 49.6 Å². The molecule has 5 nitrogen and oxygen atoms in total. The number of benzene rings is 2. The third-order valence-electron chi connectivity index (χ3n) is 5.68. The van der Waals surface area contributed by atoms with Gasteiger partial charge >= 0.3 is 0 Å². The van der Waals surface area contributed by atoms with E-state index in [-0.39, 0.29) is 6.04 Å². The second kappa shape index (κ2) is 6.02. The van der Waals surface area contributed by atoms with Crippen molar-refractivity contribution in [3.63, 3.8) is 0 Å². The standard InChI is InChI=1S/C21H24N4O/c1-14(15-3-4-18-21(11-15)26-8-6-22-18)25-13-23-19-9-17-12-24(2)7-5-16(17)10-20(19)25/h3-4,9-11,13-14,22H,5-8,12H2,1-2H3/t14-/m1/s1. The first kappa shape index (κ1) is 15.7. The Hall–Kier alpha value is -2.53. The quantitative estimate of drug-likeness (QED) is 0.770. The average Bonchev–Trinajstić information content (AvgIpc) is 3.08. The number of rotatable bonds is 2. The number of aromatic nitrogens is 2. The lowest BCUT2D eigenvalue weighted by Crippen LogP contribution is -2.26. The van der Waals surface area contributed by atoms with E-state index in [1.54, 1.807) is 0 Å². The van der Waals surface area contributed by atoms with Crippen LogP contribution in [0.5, 0.6) is 5.75 Å². The van der Waals surface area contributed by atoms with E-state index in [1.807, 2.05) is 6.33 Å². The normalized spacial score (nSPS) is 17.9. The minimum atomic E-state index is 0.208. The first-order valence-corrected chi connectivity index (χ1v) is 9.36. The van der Waals surface area contributed by atoms with Crippen LogP contribution in [0.1, 0.15) is 29.7 Å². The van der Waals surface area contributed by atoms with Gasteiger partial charge in [0.1, 0.15) is 12.4 Å². The molecule has 5 rings (SSSR count). The lowest BCUT2D eigenvalue weighted by molar-refractivity contribution is 0.313. The molecule has 2 aliphatic heterocycles. The molecule has 0 spiro atoms. The van der Waals surface area contributed by atoms with Crippen molar-refractivity contribution >= 4 is 16.7 Å². The van der Waals surface area contributed by atoms with Gasteiger partial charge in [-0.25, -0.2) is 4.98 Å². The number of hydrogen-bond acceptors (Lipinski definition) is 4. The summed E-state index contributed by atoms with van der Waals surface area (Å²) < 4.78 is 8.10. The fourth-order valence-electron chi connectivity index (χ4n) is 4.10. The maximum atomic E-state index is 5.81. The van der Waals surface area contributed by atoms with Gasteiger partial charge in [0.05, 0.1) is 29.1 Å². The molecule has 0 amide bonds. The third-order valence-corrected chi connectivity index (χ3v) is 5.68. The van der Waals surface area contributed by atoms with Gasteiger partial charge in [-0.1, -0.05) is 6.07 Å². The summed E-state index contributed by atoms with van der Waals surface area (Å²) in [4.78, 5) is 7.06. The lowest BCUT2D eigenvalue weighted by Gasteiger charge is -2.25. The summed E-state index contributed by atoms with van der Waals surface area (Å²) in [5.74, 6) is 0.949. The topological polar surface area (TPSA) is 42.3 Å². The summed E-state index contributed by atoms with van der Waals surface area (Å²) in [5.41, 5.74) is 7.50. The molecule has 1 atom stereocenters. The van der Waals surface area contributed by atoms with E-state index in [2.05, 4.69) is 64.1 Å². The molecule has 3 heterocycles. The SMILES string of the molecule is C[C@H](c1ccc2c(c1)OCCN2)n1cnc2cc3c(cc21)CCN(C)C3. The van der Waals surface area contributed by atoms with Crippen LogP contribution in [0.25, 0.3) is 11.0 Å². The van der Waals surface area contributed by atoms with Gasteiger partial charge in [-0.05, 0) is 61.3 Å². The molecule has 0 saturated carbocycles. The highest BCUT2D eigenvalue weighted by molar-refractivity contribution is 5.78. The zero-order valence-corrected chi connectivity index (χ0v) is 15.3. The predicted molar refractivity (Wildman–Crippen MR) is 104 cm³/mol. The van der Waals surface area contributed by atoms with Crippen molar-refractivity contribution < 1.29 is 4.74 Å². The van der Waals surface area contributed by atoms with Crippen LogP contribution < -0.4 is 10.1 Å². The minimum absolute atomic E-state index is 0.208. The van der Waals surface area contributed by atoms with Gasteiger partial charge in [0, 0.05) is 19.6 Å². The number of nitrogens with zero attached hydrogens (tertiary/aromatic N) is 3. The molecular formula is C21H24N4O. The molecule has 0 bridgehead atoms. The van der Waals surface area contributed by atoms with Gasteiger partial charge in [0.15, 0.2) is 0 Å². The Morgan fingerprint density at radius 1 is 1.19 bits per heavy atom. The van der Waals surface area contributed by atoms with Crippen molar-refractivity contribution in [2.45, 2.75) is 25.9 Å². The van der Waals surface area contributed by atoms with Crippen LogP contribution in [0.15, 0.2) is 36.7 Å². The zero-order chi connectivity index (χ0) is 17.7. The first-order chi connectivity index (χ1) is 12.7. The Morgan fingerprint density at radius 3 is 3.04 bits per heavy atom. The minimum Gasteiger partial charge on any atom is -0.490 e. The number of hydrogen-bond donors (Lipinski definition) is 1. The highest BCUT2D eigenvalue weighted by Crippen LogP contribution is 2.33. The van der Waals surface area contributed by atoms with E-state index in [4.69, 9.17) is 4.74 Å². The summed E-state index contributed by atoms with van der Waals surface area (Å²) in [6, 6.07) is 11.3. The largest absolute Gasteiger partial charge is 0.490 e. The van der Waals surface area contributed by atoms with Crippen molar-refractivity contribution in [1.29, 1.82) is 0 Å². The predicted octanol–water partition coefficient (Wildman–Crippen LogP) is 3.44. The van der Waals surface area contributed by atoms with Gasteiger partial charge in [-0.15, -0.1) is 0 Å². The molecule has 2 aromatic carbocycles. The van der Waals surface area contributed by atoms with E-state index >= 15 is 0 Å². The highest BCUT2D eigenvalue weighted by Gasteiger charge is 2.19. The smallest absolute Gasteiger partial charge is 0.142 e. The van der Waals surface area contributed by atoms with Crippen LogP contribution in [-0.4, -0.2) is 41.2 Å². The molecular weight excluding hydrogens is 324 g/mol. The van der Waals surface area contributed by atoms with Gasteiger partial charge in [0.2, 0.25) is 0 Å². The number of fused-ring (bicyclic) bond motifs is 3. The Morgan fingerprint density at radius 2 is 2.12 bits per heavy atom. The van der Waals surface area contributed by atoms with Crippen LogP contribution in [0.4, 0.5) is 5.69 Å². The number of imidazole rings is 1. The Bertz CT molecular complexity index is 978. The second-order valence-corrected chi connectivity index (χ2v) is 7.46. The first-order valence-electron chi connectivity index (χ1n) is 9.36. The molecule has 134 valence electrons. The zero-order valence-electron chi connectivity index (χ0n) is 15.3. The summed E-state index contributed by atoms with van der Waals surface area (Å²) in [6.07, 6.45) is 3.09. The van der Waals surface area contributed by atoms with Gasteiger partial charge in [0.25, 0.3) is 0 Å². The van der Waals surface area contributed by atoms with E-state index < -0.39 is 0 Å². The van der Waals surface area contributed by atoms with Crippen molar-refractivity contribution in [1.82, 2.24) is 14.5 Å². The van der Waals surface area contributed by atoms with Crippen molar-refractivity contribution in [2.24, 2.45) is 0 Å². The van der Waals surface area contributed by atoms with Crippen molar-refractivity contribution in [3.8, 4) is 5.75 Å². The molecule has 0 unspecified atom stereocenters. The molecule has 3 aromatic rings. The Balaban J connectivity index is 1.54. The fraction of sp³-hybridized carbons (Fsp3) is 0.381. The number of nitrogens with one attached hydrogen (secondary N) is 1. The molecule has 0 radical (unpaired) electrons. The van der Waals surface area contributed by atoms with Crippen LogP contribution >= 0.6 is 0 Å². The Kier molecular flexibility index (Phi) is 3.64. The average molecular weight is 348 g/mol. The molecule has 1 aromatic heterocycles. The number of ether oxygens (including phenoxy) is 1. The van der Waals surface area contributed by atoms with Crippen LogP contribution in [0, 0.1) is 0 Å². The van der Waals surface area contributed by atoms with Crippen LogP contribution in [-0.2, 0) is 13.0 Å². The third kappa shape index (κ3) is 2.54. The number of anilines is 1. The monoisotopic (exact) mass is 348 g/mol. The molecule has 26 heavy (non-hydrogen) atoms. The van der Waals surface area contributed by atoms with Crippen molar-refractivity contribution in [2.75, 3.05) is 32.1 Å². The molecule has 0 aliphatic carbocycles. The maximum Gasteiger partial charge on any atom is 0.142 e. The summed E-state index contributed by atoms with van der Waals surface area (Å²) in [7, 11) is 2.18. The van der Waals surface area contributed by atoms with Gasteiger partial charge in [-0.3, -0.25) is 0 Å². The molecule has 5 heteroatoms. The van der Waals surface area contributed by atoms with Gasteiger partial charge < -0.3 is 19.5 Å². The fourth-order valence-corrected chi connectivity index (χ4v) is 4.10. The Labute approximate surface area is 153 Å². The molecule has 0 fully saturated rings. The summed E-state index contributed by atoms with van der Waals surface area (Å²) in [5, 5.41) is 3.38. The summed E-state index contributed by atoms with van der Waals surface area (Å²) >= 11 is 0. The van der Waals surface area contributed by atoms with Crippen molar-refractivity contribution in [3.05, 3.63) is 53.3 Å². The second-order valence-electron chi connectivity index (χ2n) is 7.46. The number of likely N-dealkylation sites (N-methyl/N-ethyl adjacent to an activating group) is 1.